The zero-order valence-corrected chi connectivity index (χ0v) is 30.4. The number of esters is 1. The van der Waals surface area contributed by atoms with Crippen molar-refractivity contribution in [2.75, 3.05) is 6.61 Å². The van der Waals surface area contributed by atoms with Crippen LogP contribution >= 0.6 is 0 Å². The van der Waals surface area contributed by atoms with Gasteiger partial charge in [0.2, 0.25) is 5.78 Å². The standard InChI is InChI=1S/C33H54N2O6.2C2H6/c1-8-13-22(11-4)29(38)41-33(26(36)21-40-27(37)14-9-2)19-16-25-31(33,7)20-24(35-39)28-30(6,17-10-3)23(12-5)15-18-32(25,28)34;2*1-2/h10,12,17,22,24-25,28-29,38H,8-9,11,13-16,18-21,34H2,1-7H3;2*1-2H3/b17-10-,23-12-;;/t22?,24?,25?,28?,29?,30?,31?,32?,33-;;/m0../s1. The molecule has 45 heavy (non-hydrogen) atoms. The van der Waals surface area contributed by atoms with Gasteiger partial charge in [-0.05, 0) is 71.1 Å². The Balaban J connectivity index is 0.00000243. The third-order valence-electron chi connectivity index (χ3n) is 11.1. The van der Waals surface area contributed by atoms with Crippen molar-refractivity contribution < 1.29 is 24.2 Å². The zero-order valence-electron chi connectivity index (χ0n) is 30.4. The average molecular weight is 635 g/mol. The first kappa shape index (κ1) is 41.1. The monoisotopic (exact) mass is 634 g/mol. The Morgan fingerprint density at radius 2 is 1.73 bits per heavy atom. The van der Waals surface area contributed by atoms with Gasteiger partial charge in [-0.25, -0.2) is 0 Å². The van der Waals surface area contributed by atoms with E-state index in [1.807, 2.05) is 68.4 Å². The van der Waals surface area contributed by atoms with Gasteiger partial charge in [0.1, 0.15) is 5.60 Å². The predicted molar refractivity (Wildman–Crippen MR) is 183 cm³/mol. The summed E-state index contributed by atoms with van der Waals surface area (Å²) in [4.78, 5) is 39.2. The van der Waals surface area contributed by atoms with E-state index in [0.29, 0.717) is 38.5 Å². The number of ether oxygens (including phenoxy) is 2. The van der Waals surface area contributed by atoms with Gasteiger partial charge in [0.15, 0.2) is 12.9 Å². The lowest BCUT2D eigenvalue weighted by Crippen LogP contribution is -2.72. The van der Waals surface area contributed by atoms with Gasteiger partial charge in [-0.2, -0.15) is 4.91 Å². The Hall–Kier alpha value is -1.90. The molecule has 0 saturated heterocycles. The molecule has 0 aliphatic heterocycles. The first-order valence-electron chi connectivity index (χ1n) is 17.8. The summed E-state index contributed by atoms with van der Waals surface area (Å²) in [6.45, 7) is 21.7. The summed E-state index contributed by atoms with van der Waals surface area (Å²) >= 11 is 0. The molecule has 260 valence electrons. The van der Waals surface area contributed by atoms with E-state index in [1.165, 1.54) is 5.57 Å². The Kier molecular flexibility index (Phi) is 16.3. The molecule has 3 aliphatic rings. The fraction of sp³-hybridized carbons (Fsp3) is 0.838. The van der Waals surface area contributed by atoms with Crippen molar-refractivity contribution in [2.45, 2.75) is 164 Å². The molecule has 0 heterocycles. The maximum Gasteiger partial charge on any atom is 0.306 e. The van der Waals surface area contributed by atoms with E-state index in [0.717, 1.165) is 19.3 Å². The van der Waals surface area contributed by atoms with Gasteiger partial charge in [-0.1, -0.05) is 97.7 Å². The number of nitrogens with zero attached hydrogens (tertiary/aromatic N) is 1. The molecule has 0 spiro atoms. The molecule has 9 atom stereocenters. The van der Waals surface area contributed by atoms with Gasteiger partial charge >= 0.3 is 5.97 Å². The Labute approximate surface area is 274 Å². The van der Waals surface area contributed by atoms with Crippen LogP contribution in [-0.2, 0) is 19.1 Å². The molecule has 3 fully saturated rings. The van der Waals surface area contributed by atoms with Crippen LogP contribution in [0.15, 0.2) is 29.0 Å². The van der Waals surface area contributed by atoms with Crippen LogP contribution in [-0.4, -0.2) is 46.9 Å². The number of aliphatic hydroxyl groups excluding tert-OH is 1. The number of nitrogens with two attached hydrogens (primary N) is 1. The minimum atomic E-state index is -1.46. The molecule has 8 unspecified atom stereocenters. The molecule has 8 heteroatoms. The van der Waals surface area contributed by atoms with Crippen LogP contribution in [0.5, 0.6) is 0 Å². The topological polar surface area (TPSA) is 128 Å². The van der Waals surface area contributed by atoms with Gasteiger partial charge in [0.05, 0.1) is 6.04 Å². The smallest absolute Gasteiger partial charge is 0.306 e. The van der Waals surface area contributed by atoms with E-state index in [-0.39, 0.29) is 30.0 Å². The Morgan fingerprint density at radius 3 is 2.24 bits per heavy atom. The van der Waals surface area contributed by atoms with Crippen molar-refractivity contribution in [3.05, 3.63) is 28.7 Å². The minimum Gasteiger partial charge on any atom is -0.458 e. The lowest BCUT2D eigenvalue weighted by atomic mass is 9.43. The SMILES string of the molecule is C/C=C\C1(C)/C(=C\C)CCC2(N)C1C(N=O)CC1(C)C2CC[C@]1(OC(O)C(CC)CCC)C(=O)COC(=O)CCC.CC.CC. The largest absolute Gasteiger partial charge is 0.458 e. The first-order valence-corrected chi connectivity index (χ1v) is 17.8. The van der Waals surface area contributed by atoms with Crippen molar-refractivity contribution in [3.63, 3.8) is 0 Å². The minimum absolute atomic E-state index is 0.150. The molecule has 8 nitrogen and oxygen atoms in total. The van der Waals surface area contributed by atoms with E-state index < -0.39 is 46.9 Å². The number of ketones is 1. The van der Waals surface area contributed by atoms with Crippen molar-refractivity contribution >= 4 is 11.8 Å². The number of carbonyl (C=O) groups excluding carboxylic acids is 2. The number of Topliss-reactive ketones (excluding diaryl/α,β-unsaturated/α-hetero) is 1. The number of hydrogen-bond donors (Lipinski definition) is 2. The summed E-state index contributed by atoms with van der Waals surface area (Å²) < 4.78 is 12.0. The number of aliphatic hydroxyl groups is 1. The number of allylic oxidation sites excluding steroid dienone is 4. The van der Waals surface area contributed by atoms with Crippen LogP contribution in [0, 0.1) is 33.5 Å². The fourth-order valence-electron chi connectivity index (χ4n) is 9.23. The van der Waals surface area contributed by atoms with E-state index in [1.54, 1.807) is 0 Å². The normalized spacial score (nSPS) is 36.0. The molecule has 0 amide bonds. The zero-order chi connectivity index (χ0) is 34.6. The van der Waals surface area contributed by atoms with E-state index >= 15 is 0 Å². The van der Waals surface area contributed by atoms with Gasteiger partial charge < -0.3 is 20.3 Å². The van der Waals surface area contributed by atoms with Crippen molar-refractivity contribution in [3.8, 4) is 0 Å². The summed E-state index contributed by atoms with van der Waals surface area (Å²) in [7, 11) is 0. The van der Waals surface area contributed by atoms with E-state index in [2.05, 4.69) is 31.2 Å². The average Bonchev–Trinajstić information content (AvgIpc) is 3.33. The van der Waals surface area contributed by atoms with E-state index in [9.17, 15) is 19.6 Å². The molecule has 0 radical (unpaired) electrons. The second-order valence-corrected chi connectivity index (χ2v) is 13.2. The number of nitroso groups, excluding NO2 is 1. The molecule has 0 aromatic rings. The lowest BCUT2D eigenvalue weighted by Gasteiger charge is -2.64. The maximum atomic E-state index is 14.2. The molecule has 3 aliphatic carbocycles. The summed E-state index contributed by atoms with van der Waals surface area (Å²) in [5, 5.41) is 15.1. The van der Waals surface area contributed by atoms with E-state index in [4.69, 9.17) is 15.2 Å². The van der Waals surface area contributed by atoms with Crippen LogP contribution in [0.2, 0.25) is 0 Å². The van der Waals surface area contributed by atoms with Crippen LogP contribution < -0.4 is 5.73 Å². The summed E-state index contributed by atoms with van der Waals surface area (Å²) in [5.41, 5.74) is 5.17. The van der Waals surface area contributed by atoms with Crippen LogP contribution in [0.3, 0.4) is 0 Å². The third kappa shape index (κ3) is 7.65. The highest BCUT2D eigenvalue weighted by atomic mass is 16.6. The summed E-state index contributed by atoms with van der Waals surface area (Å²) in [6, 6.07) is -0.663. The molecular weight excluding hydrogens is 568 g/mol. The van der Waals surface area contributed by atoms with Gasteiger partial charge in [-0.15, -0.1) is 0 Å². The quantitative estimate of drug-likeness (QED) is 0.0900. The third-order valence-corrected chi connectivity index (χ3v) is 11.1. The lowest BCUT2D eigenvalue weighted by molar-refractivity contribution is -0.249. The highest BCUT2D eigenvalue weighted by molar-refractivity contribution is 5.91. The molecular formula is C37H66N2O6. The molecule has 0 aromatic carbocycles. The number of carbonyl (C=O) groups is 2. The van der Waals surface area contributed by atoms with Crippen molar-refractivity contribution in [1.82, 2.24) is 0 Å². The van der Waals surface area contributed by atoms with Crippen molar-refractivity contribution in [2.24, 2.45) is 39.5 Å². The molecule has 0 aromatic heterocycles. The fourth-order valence-corrected chi connectivity index (χ4v) is 9.23. The molecule has 3 N–H and O–H groups in total. The second-order valence-electron chi connectivity index (χ2n) is 13.2. The number of fused-ring (bicyclic) bond motifs is 3. The van der Waals surface area contributed by atoms with Gasteiger partial charge in [-0.3, -0.25) is 9.59 Å². The first-order chi connectivity index (χ1) is 21.4. The van der Waals surface area contributed by atoms with Crippen LogP contribution in [0.4, 0.5) is 0 Å². The van der Waals surface area contributed by atoms with Crippen LogP contribution in [0.25, 0.3) is 0 Å². The predicted octanol–water partition coefficient (Wildman–Crippen LogP) is 8.44. The second kappa shape index (κ2) is 17.9. The van der Waals surface area contributed by atoms with Crippen molar-refractivity contribution in [1.29, 1.82) is 0 Å². The van der Waals surface area contributed by atoms with Gasteiger partial charge in [0, 0.05) is 34.6 Å². The van der Waals surface area contributed by atoms with Gasteiger partial charge in [0.25, 0.3) is 0 Å². The Bertz CT molecular complexity index is 1030. The summed E-state index contributed by atoms with van der Waals surface area (Å²) in [6.07, 6.45) is 11.0. The summed E-state index contributed by atoms with van der Waals surface area (Å²) in [5.74, 6) is -1.36. The van der Waals surface area contributed by atoms with Crippen LogP contribution in [0.1, 0.15) is 140 Å². The highest BCUT2D eigenvalue weighted by Crippen LogP contribution is 2.69. The molecule has 0 bridgehead atoms. The highest BCUT2D eigenvalue weighted by Gasteiger charge is 2.73. The molecule has 3 rings (SSSR count). The number of rotatable bonds is 13. The molecule has 3 saturated carbocycles. The number of hydrogen-bond acceptors (Lipinski definition) is 8. The Morgan fingerprint density at radius 1 is 1.09 bits per heavy atom. The maximum absolute atomic E-state index is 14.2.